The monoisotopic (exact) mass is 1100 g/mol. The van der Waals surface area contributed by atoms with E-state index in [1.54, 1.807) is 67.8 Å². The number of hydrogen-bond acceptors (Lipinski definition) is 17. The number of amides is 5. The molecule has 11 rings (SSSR count). The minimum Gasteiger partial charge on any atom is -0.480 e. The van der Waals surface area contributed by atoms with Crippen LogP contribution in [0.4, 0.5) is 28.7 Å². The second-order valence-corrected chi connectivity index (χ2v) is 23.8. The van der Waals surface area contributed by atoms with Crippen LogP contribution in [0.2, 0.25) is 0 Å². The number of aliphatic hydroxyl groups is 1. The van der Waals surface area contributed by atoms with Crippen molar-refractivity contribution < 1.29 is 52.7 Å². The third-order valence-corrected chi connectivity index (χ3v) is 18.0. The highest BCUT2D eigenvalue weighted by Gasteiger charge is 2.49. The van der Waals surface area contributed by atoms with Gasteiger partial charge in [-0.2, -0.15) is 0 Å². The van der Waals surface area contributed by atoms with Crippen molar-refractivity contribution in [1.29, 1.82) is 0 Å². The van der Waals surface area contributed by atoms with E-state index >= 15 is 0 Å². The van der Waals surface area contributed by atoms with E-state index in [4.69, 9.17) is 14.7 Å². The summed E-state index contributed by atoms with van der Waals surface area (Å²) in [5.74, 6) is -1.69. The number of rotatable bonds is 13. The van der Waals surface area contributed by atoms with Crippen molar-refractivity contribution in [3.8, 4) is 17.0 Å². The highest BCUT2D eigenvalue weighted by Crippen LogP contribution is 2.44. The number of nitrogens with zero attached hydrogens (tertiary/aromatic N) is 9. The zero-order valence-electron chi connectivity index (χ0n) is 44.2. The van der Waals surface area contributed by atoms with Crippen LogP contribution in [0.5, 0.6) is 5.88 Å². The van der Waals surface area contributed by atoms with Crippen LogP contribution in [0, 0.1) is 0 Å². The SMILES string of the molecule is COc1ncc(-c2ccnc(N3CCc4c(sc5c4CCCC5)C3=O)c2C(C)(C)O)cc1Nc1ccc(N2CCN(C3CCN(c4ccc5c(c4)C(=O)N([C@H]4CCC(=O)N(C(C)OP(=O)(O)O)C4=O)C5=O)CC3)C[C@@H]2C)cn1. The molecule has 5 amide bonds. The van der Waals surface area contributed by atoms with Crippen molar-refractivity contribution in [3.05, 3.63) is 98.6 Å². The van der Waals surface area contributed by atoms with Gasteiger partial charge in [0.15, 0.2) is 0 Å². The standard InChI is InChI=1S/C55H63N10O11PS/c1-31-30-61(34-17-21-60(22-18-34)35-10-12-40-41(27-35)52(68)65(51(40)67)43-13-15-46(66)64(53(43)69)32(2)76-77(72,73)74)24-25-62(31)36-11-14-45(57-29-36)59-42-26-33(28-58-50(42)75-5)37-16-20-56-49(47(37)55(3,4)71)63-23-19-39-38-8-6-7-9-44(38)78-48(39)54(63)70/h10-12,14,16,20,26-29,31-32,34,43,71H,6-9,13,15,17-19,21-25,30H2,1-5H3,(H,57,59)(H2,72,73,74)/t31-,32?,43-/m0/s1. The Hall–Kier alpha value is -6.65. The van der Waals surface area contributed by atoms with E-state index in [2.05, 4.69) is 42.5 Å². The number of phosphoric ester groups is 1. The van der Waals surface area contributed by atoms with Gasteiger partial charge in [-0.05, 0) is 138 Å². The number of carbonyl (C=O) groups excluding carboxylic acids is 5. The first kappa shape index (κ1) is 53.4. The molecule has 3 saturated heterocycles. The topological polar surface area (TPSA) is 252 Å². The van der Waals surface area contributed by atoms with Crippen LogP contribution < -0.4 is 24.8 Å². The van der Waals surface area contributed by atoms with Gasteiger partial charge in [0.05, 0.1) is 40.6 Å². The zero-order chi connectivity index (χ0) is 54.9. The number of piperazine rings is 1. The number of hydrogen-bond donors (Lipinski definition) is 4. The lowest BCUT2D eigenvalue weighted by molar-refractivity contribution is -0.161. The van der Waals surface area contributed by atoms with Gasteiger partial charge in [0, 0.05) is 91.9 Å². The van der Waals surface area contributed by atoms with E-state index in [0.29, 0.717) is 57.4 Å². The summed E-state index contributed by atoms with van der Waals surface area (Å²) in [6.07, 6.45) is 10.1. The van der Waals surface area contributed by atoms with Crippen LogP contribution in [0.3, 0.4) is 0 Å². The Morgan fingerprint density at radius 3 is 2.28 bits per heavy atom. The Balaban J connectivity index is 0.716. The normalized spacial score (nSPS) is 21.0. The first-order valence-corrected chi connectivity index (χ1v) is 28.9. The number of anilines is 5. The molecule has 1 aliphatic carbocycles. The van der Waals surface area contributed by atoms with E-state index in [9.17, 15) is 43.4 Å². The van der Waals surface area contributed by atoms with E-state index in [0.717, 1.165) is 106 Å². The molecule has 0 bridgehead atoms. The number of nitrogens with one attached hydrogen (secondary N) is 1. The Bertz CT molecular complexity index is 3280. The molecule has 1 unspecified atom stereocenters. The molecule has 78 heavy (non-hydrogen) atoms. The fourth-order valence-electron chi connectivity index (χ4n) is 12.4. The molecule has 23 heteroatoms. The maximum absolute atomic E-state index is 14.2. The van der Waals surface area contributed by atoms with Gasteiger partial charge in [-0.25, -0.2) is 19.5 Å². The molecule has 4 aromatic heterocycles. The third-order valence-electron chi connectivity index (χ3n) is 16.1. The first-order valence-electron chi connectivity index (χ1n) is 26.6. The van der Waals surface area contributed by atoms with Crippen molar-refractivity contribution in [1.82, 2.24) is 29.7 Å². The number of piperidine rings is 2. The van der Waals surface area contributed by atoms with Crippen LogP contribution in [-0.2, 0) is 43.5 Å². The van der Waals surface area contributed by atoms with Gasteiger partial charge in [-0.1, -0.05) is 0 Å². The number of phosphoric acid groups is 1. The van der Waals surface area contributed by atoms with Crippen molar-refractivity contribution >= 4 is 77.4 Å². The highest BCUT2D eigenvalue weighted by atomic mass is 32.1. The number of aromatic nitrogens is 3. The average molecular weight is 1100 g/mol. The van der Waals surface area contributed by atoms with Crippen molar-refractivity contribution in [2.24, 2.45) is 0 Å². The average Bonchev–Trinajstić information content (AvgIpc) is 3.93. The molecule has 5 aliphatic heterocycles. The fraction of sp³-hybridized carbons (Fsp3) is 0.455. The molecule has 0 radical (unpaired) electrons. The second-order valence-electron chi connectivity index (χ2n) is 21.5. The van der Waals surface area contributed by atoms with Crippen LogP contribution in [0.25, 0.3) is 11.1 Å². The number of carbonyl (C=O) groups is 5. The number of thiophene rings is 1. The predicted octanol–water partition coefficient (Wildman–Crippen LogP) is 6.41. The quantitative estimate of drug-likeness (QED) is 0.0734. The van der Waals surface area contributed by atoms with E-state index in [-0.39, 0.29) is 35.9 Å². The maximum atomic E-state index is 14.2. The molecule has 0 spiro atoms. The molecule has 3 atom stereocenters. The third kappa shape index (κ3) is 9.96. The van der Waals surface area contributed by atoms with Crippen LogP contribution in [0.15, 0.2) is 61.1 Å². The number of benzene rings is 1. The van der Waals surface area contributed by atoms with Crippen LogP contribution >= 0.6 is 19.2 Å². The van der Waals surface area contributed by atoms with E-state index in [1.165, 1.54) is 16.0 Å². The highest BCUT2D eigenvalue weighted by molar-refractivity contribution is 7.46. The van der Waals surface area contributed by atoms with Gasteiger partial charge >= 0.3 is 7.82 Å². The van der Waals surface area contributed by atoms with Gasteiger partial charge in [0.25, 0.3) is 23.6 Å². The van der Waals surface area contributed by atoms with Gasteiger partial charge in [0.1, 0.15) is 29.6 Å². The molecular formula is C55H63N10O11PS. The Morgan fingerprint density at radius 1 is 0.808 bits per heavy atom. The predicted molar refractivity (Wildman–Crippen MR) is 291 cm³/mol. The summed E-state index contributed by atoms with van der Waals surface area (Å²) in [7, 11) is -3.50. The molecule has 410 valence electrons. The maximum Gasteiger partial charge on any atom is 0.471 e. The lowest BCUT2D eigenvalue weighted by Crippen LogP contribution is -2.58. The lowest BCUT2D eigenvalue weighted by Gasteiger charge is -2.46. The summed E-state index contributed by atoms with van der Waals surface area (Å²) in [6.45, 7) is 11.2. The summed E-state index contributed by atoms with van der Waals surface area (Å²) in [4.78, 5) is 113. The minimum absolute atomic E-state index is 0.0708. The number of aryl methyl sites for hydroxylation is 1. The molecule has 6 aliphatic rings. The van der Waals surface area contributed by atoms with Gasteiger partial charge in [0.2, 0.25) is 11.8 Å². The van der Waals surface area contributed by atoms with Crippen LogP contribution in [-0.4, -0.2) is 145 Å². The number of likely N-dealkylation sites (tertiary alicyclic amines) is 1. The van der Waals surface area contributed by atoms with Gasteiger partial charge in [-0.15, -0.1) is 11.3 Å². The molecule has 3 fully saturated rings. The summed E-state index contributed by atoms with van der Waals surface area (Å²) in [5.41, 5.74) is 5.77. The fourth-order valence-corrected chi connectivity index (χ4v) is 14.3. The second kappa shape index (κ2) is 20.9. The molecule has 4 N–H and O–H groups in total. The Labute approximate surface area is 455 Å². The Morgan fingerprint density at radius 2 is 1.56 bits per heavy atom. The van der Waals surface area contributed by atoms with E-state index in [1.807, 2.05) is 24.4 Å². The van der Waals surface area contributed by atoms with E-state index < -0.39 is 49.3 Å². The summed E-state index contributed by atoms with van der Waals surface area (Å²) >= 11 is 1.62. The Kier molecular flexibility index (Phi) is 14.3. The molecular weight excluding hydrogens is 1040 g/mol. The summed E-state index contributed by atoms with van der Waals surface area (Å²) < 4.78 is 21.8. The number of imide groups is 2. The molecule has 0 saturated carbocycles. The molecule has 21 nitrogen and oxygen atoms in total. The van der Waals surface area contributed by atoms with Crippen molar-refractivity contribution in [3.63, 3.8) is 0 Å². The van der Waals surface area contributed by atoms with Crippen LogP contribution in [0.1, 0.15) is 118 Å². The smallest absolute Gasteiger partial charge is 0.471 e. The molecule has 9 heterocycles. The zero-order valence-corrected chi connectivity index (χ0v) is 45.9. The number of fused-ring (bicyclic) bond motifs is 4. The molecule has 1 aromatic carbocycles. The number of pyridine rings is 3. The van der Waals surface area contributed by atoms with Gasteiger partial charge < -0.3 is 34.7 Å². The lowest BCUT2D eigenvalue weighted by atomic mass is 9.89. The van der Waals surface area contributed by atoms with Crippen molar-refractivity contribution in [2.45, 2.75) is 115 Å². The van der Waals surface area contributed by atoms with Crippen molar-refractivity contribution in [2.75, 3.05) is 66.4 Å². The first-order chi connectivity index (χ1) is 37.3. The number of methoxy groups -OCH3 is 1. The molecule has 5 aromatic rings. The largest absolute Gasteiger partial charge is 0.480 e. The summed E-state index contributed by atoms with van der Waals surface area (Å²) in [6, 6.07) is 12.0. The number of ether oxygens (including phenoxy) is 1. The summed E-state index contributed by atoms with van der Waals surface area (Å²) in [5, 5.41) is 15.2. The van der Waals surface area contributed by atoms with Gasteiger partial charge in [-0.3, -0.25) is 48.1 Å². The minimum atomic E-state index is -5.06.